The zero-order valence-electron chi connectivity index (χ0n) is 12.7. The van der Waals surface area contributed by atoms with E-state index < -0.39 is 0 Å². The Bertz CT molecular complexity index is 648. The zero-order valence-corrected chi connectivity index (χ0v) is 15.1. The molecule has 0 fully saturated rings. The molecule has 0 aromatic carbocycles. The number of hydrogen-bond donors (Lipinski definition) is 1. The maximum Gasteiger partial charge on any atom is 0.226 e. The number of amides is 1. The highest BCUT2D eigenvalue weighted by Gasteiger charge is 2.16. The summed E-state index contributed by atoms with van der Waals surface area (Å²) in [6.07, 6.45) is 5.36. The Morgan fingerprint density at radius 2 is 2.18 bits per heavy atom. The molecule has 0 bridgehead atoms. The van der Waals surface area contributed by atoms with Crippen LogP contribution >= 0.6 is 34.4 Å². The van der Waals surface area contributed by atoms with E-state index in [2.05, 4.69) is 22.6 Å². The lowest BCUT2D eigenvalue weighted by molar-refractivity contribution is -0.120. The topological polar surface area (TPSA) is 42.0 Å². The third-order valence-electron chi connectivity index (χ3n) is 3.76. The van der Waals surface area contributed by atoms with E-state index in [1.54, 1.807) is 23.1 Å². The van der Waals surface area contributed by atoms with Gasteiger partial charge in [0, 0.05) is 16.8 Å². The van der Waals surface area contributed by atoms with Crippen molar-refractivity contribution in [3.8, 4) is 0 Å². The Morgan fingerprint density at radius 3 is 3.05 bits per heavy atom. The number of thiazole rings is 1. The summed E-state index contributed by atoms with van der Waals surface area (Å²) in [5.41, 5.74) is 3.69. The lowest BCUT2D eigenvalue weighted by Crippen LogP contribution is -2.25. The van der Waals surface area contributed by atoms with Gasteiger partial charge in [-0.2, -0.15) is 0 Å². The van der Waals surface area contributed by atoms with E-state index in [1.165, 1.54) is 41.7 Å². The number of thioether (sulfide) groups is 1. The molecular formula is C16H20N2OS3. The van der Waals surface area contributed by atoms with E-state index in [4.69, 9.17) is 0 Å². The first-order valence-electron chi connectivity index (χ1n) is 7.68. The SMILES string of the molecule is CCSc1nc(CC(=O)NCc2csc3c2CCCC3)cs1. The molecule has 118 valence electrons. The molecule has 1 aliphatic rings. The molecule has 1 amide bonds. The number of nitrogens with zero attached hydrogens (tertiary/aromatic N) is 1. The lowest BCUT2D eigenvalue weighted by atomic mass is 9.96. The van der Waals surface area contributed by atoms with Crippen LogP contribution in [0.3, 0.4) is 0 Å². The molecule has 3 rings (SSSR count). The highest BCUT2D eigenvalue weighted by Crippen LogP contribution is 2.30. The van der Waals surface area contributed by atoms with Gasteiger partial charge in [-0.15, -0.1) is 22.7 Å². The van der Waals surface area contributed by atoms with Gasteiger partial charge in [-0.3, -0.25) is 4.79 Å². The fraction of sp³-hybridized carbons (Fsp3) is 0.500. The number of fused-ring (bicyclic) bond motifs is 1. The smallest absolute Gasteiger partial charge is 0.226 e. The summed E-state index contributed by atoms with van der Waals surface area (Å²) in [7, 11) is 0. The van der Waals surface area contributed by atoms with E-state index in [0.29, 0.717) is 13.0 Å². The predicted octanol–water partition coefficient (Wildman–Crippen LogP) is 4.05. The summed E-state index contributed by atoms with van der Waals surface area (Å²) in [5, 5.41) is 7.26. The fourth-order valence-corrected chi connectivity index (χ4v) is 5.58. The summed E-state index contributed by atoms with van der Waals surface area (Å²) < 4.78 is 1.05. The van der Waals surface area contributed by atoms with Crippen LogP contribution in [-0.2, 0) is 30.6 Å². The van der Waals surface area contributed by atoms with Gasteiger partial charge >= 0.3 is 0 Å². The van der Waals surface area contributed by atoms with Gasteiger partial charge in [-0.05, 0) is 47.9 Å². The highest BCUT2D eigenvalue weighted by atomic mass is 32.2. The molecule has 1 N–H and O–H groups in total. The summed E-state index contributed by atoms with van der Waals surface area (Å²) in [6, 6.07) is 0. The zero-order chi connectivity index (χ0) is 15.4. The van der Waals surface area contributed by atoms with E-state index >= 15 is 0 Å². The largest absolute Gasteiger partial charge is 0.352 e. The second-order valence-electron chi connectivity index (χ2n) is 5.36. The number of carbonyl (C=O) groups is 1. The number of nitrogens with one attached hydrogen (secondary N) is 1. The molecule has 0 atom stereocenters. The second-order valence-corrected chi connectivity index (χ2v) is 8.69. The van der Waals surface area contributed by atoms with E-state index in [1.807, 2.05) is 16.7 Å². The van der Waals surface area contributed by atoms with Gasteiger partial charge < -0.3 is 5.32 Å². The minimum absolute atomic E-state index is 0.0640. The van der Waals surface area contributed by atoms with Crippen molar-refractivity contribution in [2.45, 2.75) is 49.9 Å². The average molecular weight is 353 g/mol. The molecule has 0 aliphatic heterocycles. The average Bonchev–Trinajstić information content (AvgIpc) is 3.12. The predicted molar refractivity (Wildman–Crippen MR) is 95.0 cm³/mol. The van der Waals surface area contributed by atoms with Crippen LogP contribution in [0.15, 0.2) is 15.1 Å². The molecule has 2 heterocycles. The van der Waals surface area contributed by atoms with Crippen molar-refractivity contribution in [3.63, 3.8) is 0 Å². The monoisotopic (exact) mass is 352 g/mol. The van der Waals surface area contributed by atoms with E-state index in [0.717, 1.165) is 15.8 Å². The molecule has 2 aromatic heterocycles. The molecule has 0 saturated carbocycles. The first-order chi connectivity index (χ1) is 10.8. The first-order valence-corrected chi connectivity index (χ1v) is 10.4. The molecule has 1 aliphatic carbocycles. The van der Waals surface area contributed by atoms with Crippen molar-refractivity contribution in [2.24, 2.45) is 0 Å². The van der Waals surface area contributed by atoms with Crippen molar-refractivity contribution >= 4 is 40.3 Å². The molecule has 2 aromatic rings. The van der Waals surface area contributed by atoms with Gasteiger partial charge in [0.15, 0.2) is 0 Å². The van der Waals surface area contributed by atoms with Crippen LogP contribution in [0.4, 0.5) is 0 Å². The Kier molecular flexibility index (Phi) is 5.55. The van der Waals surface area contributed by atoms with Gasteiger partial charge in [-0.1, -0.05) is 18.7 Å². The van der Waals surface area contributed by atoms with E-state index in [9.17, 15) is 4.79 Å². The van der Waals surface area contributed by atoms with Crippen LogP contribution in [0.1, 0.15) is 41.5 Å². The molecule has 0 radical (unpaired) electrons. The minimum Gasteiger partial charge on any atom is -0.352 e. The highest BCUT2D eigenvalue weighted by molar-refractivity contribution is 8.00. The quantitative estimate of drug-likeness (QED) is 0.797. The molecule has 22 heavy (non-hydrogen) atoms. The van der Waals surface area contributed by atoms with Gasteiger partial charge in [0.1, 0.15) is 4.34 Å². The fourth-order valence-electron chi connectivity index (χ4n) is 2.69. The second kappa shape index (κ2) is 7.62. The van der Waals surface area contributed by atoms with Crippen LogP contribution in [-0.4, -0.2) is 16.6 Å². The summed E-state index contributed by atoms with van der Waals surface area (Å²) >= 11 is 5.20. The van der Waals surface area contributed by atoms with Gasteiger partial charge in [0.2, 0.25) is 5.91 Å². The maximum atomic E-state index is 12.1. The summed E-state index contributed by atoms with van der Waals surface area (Å²) in [6.45, 7) is 2.77. The molecule has 0 spiro atoms. The number of rotatable bonds is 6. The van der Waals surface area contributed by atoms with Crippen LogP contribution < -0.4 is 5.32 Å². The Labute approximate surface area is 143 Å². The number of carbonyl (C=O) groups excluding carboxylic acids is 1. The lowest BCUT2D eigenvalue weighted by Gasteiger charge is -2.13. The van der Waals surface area contributed by atoms with Gasteiger partial charge in [0.05, 0.1) is 12.1 Å². The Morgan fingerprint density at radius 1 is 1.32 bits per heavy atom. The van der Waals surface area contributed by atoms with Gasteiger partial charge in [-0.25, -0.2) is 4.98 Å². The number of aromatic nitrogens is 1. The van der Waals surface area contributed by atoms with Crippen LogP contribution in [0, 0.1) is 0 Å². The molecule has 6 heteroatoms. The maximum absolute atomic E-state index is 12.1. The summed E-state index contributed by atoms with van der Waals surface area (Å²) in [4.78, 5) is 18.1. The number of hydrogen-bond acceptors (Lipinski definition) is 5. The van der Waals surface area contributed by atoms with Crippen LogP contribution in [0.25, 0.3) is 0 Å². The molecular weight excluding hydrogens is 332 g/mol. The van der Waals surface area contributed by atoms with Crippen molar-refractivity contribution in [2.75, 3.05) is 5.75 Å². The van der Waals surface area contributed by atoms with Gasteiger partial charge in [0.25, 0.3) is 0 Å². The van der Waals surface area contributed by atoms with E-state index in [-0.39, 0.29) is 5.91 Å². The third kappa shape index (κ3) is 3.91. The minimum atomic E-state index is 0.0640. The molecule has 3 nitrogen and oxygen atoms in total. The summed E-state index contributed by atoms with van der Waals surface area (Å²) in [5.74, 6) is 1.08. The van der Waals surface area contributed by atoms with Crippen LogP contribution in [0.2, 0.25) is 0 Å². The normalized spacial score (nSPS) is 13.9. The standard InChI is InChI=1S/C16H20N2OS3/c1-2-20-16-18-12(10-22-16)7-15(19)17-8-11-9-21-14-6-4-3-5-13(11)14/h9-10H,2-8H2,1H3,(H,17,19). The van der Waals surface area contributed by atoms with Crippen molar-refractivity contribution in [1.29, 1.82) is 0 Å². The number of aryl methyl sites for hydroxylation is 1. The van der Waals surface area contributed by atoms with Crippen molar-refractivity contribution in [1.82, 2.24) is 10.3 Å². The van der Waals surface area contributed by atoms with Crippen LogP contribution in [0.5, 0.6) is 0 Å². The Balaban J connectivity index is 1.52. The molecule has 0 unspecified atom stereocenters. The Hall–Kier alpha value is -0.850. The van der Waals surface area contributed by atoms with Crippen molar-refractivity contribution in [3.05, 3.63) is 32.5 Å². The third-order valence-corrected chi connectivity index (χ3v) is 6.85. The first kappa shape index (κ1) is 16.0. The number of thiophene rings is 1. The van der Waals surface area contributed by atoms with Crippen molar-refractivity contribution < 1.29 is 4.79 Å². The molecule has 0 saturated heterocycles.